The molecule has 34 heavy (non-hydrogen) atoms. The SMILES string of the molecule is CO[C@@H]1O[C@H](OC)c2c1cc(O)c1c2O[C@@]2(C)CC[C@H]3C(C)(C)[C@@H](OC(C)=O)CC[C@]3(C)[C@H]2C1. The Kier molecular flexibility index (Phi) is 5.51. The van der Waals surface area contributed by atoms with Crippen LogP contribution in [0.1, 0.15) is 89.6 Å². The lowest BCUT2D eigenvalue weighted by Gasteiger charge is -2.64. The van der Waals surface area contributed by atoms with Gasteiger partial charge in [-0.1, -0.05) is 20.8 Å². The largest absolute Gasteiger partial charge is 0.508 e. The van der Waals surface area contributed by atoms with Gasteiger partial charge < -0.3 is 28.8 Å². The molecule has 0 bridgehead atoms. The number of carbonyl (C=O) groups excluding carboxylic acids is 1. The second-order valence-corrected chi connectivity index (χ2v) is 11.7. The number of methoxy groups -OCH3 is 2. The highest BCUT2D eigenvalue weighted by Gasteiger charge is 2.63. The van der Waals surface area contributed by atoms with E-state index in [-0.39, 0.29) is 40.2 Å². The third kappa shape index (κ3) is 3.23. The Morgan fingerprint density at radius 2 is 1.76 bits per heavy atom. The lowest BCUT2D eigenvalue weighted by molar-refractivity contribution is -0.219. The van der Waals surface area contributed by atoms with E-state index in [2.05, 4.69) is 27.7 Å². The molecule has 7 nitrogen and oxygen atoms in total. The Labute approximate surface area is 202 Å². The number of benzene rings is 1. The highest BCUT2D eigenvalue weighted by atomic mass is 16.8. The van der Waals surface area contributed by atoms with Gasteiger partial charge in [0.25, 0.3) is 0 Å². The molecule has 5 rings (SSSR count). The van der Waals surface area contributed by atoms with Crippen LogP contribution >= 0.6 is 0 Å². The second-order valence-electron chi connectivity index (χ2n) is 11.7. The van der Waals surface area contributed by atoms with Crippen LogP contribution in [0.25, 0.3) is 0 Å². The van der Waals surface area contributed by atoms with Gasteiger partial charge in [-0.15, -0.1) is 0 Å². The first kappa shape index (κ1) is 23.9. The standard InChI is InChI=1S/C27H38O7/c1-14(28)32-20-9-10-26(4)18(25(20,2)3)8-11-27(5)19(26)13-15-17(29)12-16-21(22(15)34-27)24(31-7)33-23(16)30-6/h12,18-20,23-24,29H,8-11,13H2,1-7H3/t18-,19+,20-,23+,24-,26-,27-/m0/s1. The van der Waals surface area contributed by atoms with E-state index >= 15 is 0 Å². The third-order valence-electron chi connectivity index (χ3n) is 9.58. The number of aromatic hydroxyl groups is 1. The van der Waals surface area contributed by atoms with Gasteiger partial charge in [0.2, 0.25) is 0 Å². The van der Waals surface area contributed by atoms with Crippen LogP contribution in [-0.4, -0.2) is 37.0 Å². The van der Waals surface area contributed by atoms with Gasteiger partial charge in [-0.25, -0.2) is 0 Å². The molecular weight excluding hydrogens is 436 g/mol. The Morgan fingerprint density at radius 3 is 2.41 bits per heavy atom. The normalized spacial score (nSPS) is 39.8. The predicted molar refractivity (Wildman–Crippen MR) is 124 cm³/mol. The van der Waals surface area contributed by atoms with E-state index in [0.29, 0.717) is 11.7 Å². The van der Waals surface area contributed by atoms with Crippen molar-refractivity contribution in [1.82, 2.24) is 0 Å². The fourth-order valence-corrected chi connectivity index (χ4v) is 7.99. The number of carbonyl (C=O) groups is 1. The first-order valence-electron chi connectivity index (χ1n) is 12.4. The molecule has 0 radical (unpaired) electrons. The van der Waals surface area contributed by atoms with Crippen molar-refractivity contribution in [1.29, 1.82) is 0 Å². The summed E-state index contributed by atoms with van der Waals surface area (Å²) in [5.41, 5.74) is 1.88. The molecule has 1 aromatic carbocycles. The monoisotopic (exact) mass is 474 g/mol. The van der Waals surface area contributed by atoms with Crippen LogP contribution in [0.3, 0.4) is 0 Å². The number of hydrogen-bond acceptors (Lipinski definition) is 7. The zero-order chi connectivity index (χ0) is 24.6. The van der Waals surface area contributed by atoms with E-state index in [9.17, 15) is 9.90 Å². The number of esters is 1. The van der Waals surface area contributed by atoms with Gasteiger partial charge in [-0.3, -0.25) is 4.79 Å². The number of rotatable bonds is 3. The van der Waals surface area contributed by atoms with Crippen LogP contribution in [-0.2, 0) is 30.2 Å². The Morgan fingerprint density at radius 1 is 1.06 bits per heavy atom. The van der Waals surface area contributed by atoms with Crippen LogP contribution < -0.4 is 4.74 Å². The van der Waals surface area contributed by atoms with Crippen molar-refractivity contribution >= 4 is 5.97 Å². The summed E-state index contributed by atoms with van der Waals surface area (Å²) >= 11 is 0. The zero-order valence-electron chi connectivity index (χ0n) is 21.4. The average Bonchev–Trinajstić information content (AvgIpc) is 3.12. The van der Waals surface area contributed by atoms with E-state index in [1.807, 2.05) is 0 Å². The van der Waals surface area contributed by atoms with Gasteiger partial charge in [-0.2, -0.15) is 0 Å². The molecule has 4 aliphatic rings. The third-order valence-corrected chi connectivity index (χ3v) is 9.58. The highest BCUT2D eigenvalue weighted by molar-refractivity contribution is 5.66. The number of phenolic OH excluding ortho intramolecular Hbond substituents is 1. The summed E-state index contributed by atoms with van der Waals surface area (Å²) in [5.74, 6) is 1.30. The molecule has 0 saturated heterocycles. The van der Waals surface area contributed by atoms with Crippen molar-refractivity contribution in [3.63, 3.8) is 0 Å². The molecule has 0 unspecified atom stereocenters. The van der Waals surface area contributed by atoms with Gasteiger partial charge in [0.15, 0.2) is 12.6 Å². The number of phenols is 1. The van der Waals surface area contributed by atoms with E-state index in [1.165, 1.54) is 6.92 Å². The zero-order valence-corrected chi connectivity index (χ0v) is 21.4. The fraction of sp³-hybridized carbons (Fsp3) is 0.741. The molecule has 2 aliphatic carbocycles. The van der Waals surface area contributed by atoms with Gasteiger partial charge in [0.05, 0.1) is 5.56 Å². The van der Waals surface area contributed by atoms with Crippen molar-refractivity contribution < 1.29 is 33.6 Å². The van der Waals surface area contributed by atoms with E-state index in [1.54, 1.807) is 20.3 Å². The van der Waals surface area contributed by atoms with Crippen LogP contribution in [0.2, 0.25) is 0 Å². The smallest absolute Gasteiger partial charge is 0.302 e. The molecular formula is C27H38O7. The summed E-state index contributed by atoms with van der Waals surface area (Å²) in [5, 5.41) is 11.1. The molecule has 2 fully saturated rings. The molecule has 1 N–H and O–H groups in total. The maximum absolute atomic E-state index is 11.8. The number of fused-ring (bicyclic) bond motifs is 6. The number of hydrogen-bond donors (Lipinski definition) is 1. The average molecular weight is 475 g/mol. The highest BCUT2D eigenvalue weighted by Crippen LogP contribution is 2.66. The van der Waals surface area contributed by atoms with Crippen molar-refractivity contribution in [2.75, 3.05) is 14.2 Å². The van der Waals surface area contributed by atoms with Crippen LogP contribution in [0.4, 0.5) is 0 Å². The summed E-state index contributed by atoms with van der Waals surface area (Å²) in [6.07, 6.45) is 3.13. The van der Waals surface area contributed by atoms with E-state index in [4.69, 9.17) is 23.7 Å². The van der Waals surface area contributed by atoms with Crippen LogP contribution in [0.15, 0.2) is 6.07 Å². The molecule has 7 atom stereocenters. The summed E-state index contributed by atoms with van der Waals surface area (Å²) in [6.45, 7) is 10.6. The van der Waals surface area contributed by atoms with Crippen molar-refractivity contribution in [3.8, 4) is 11.5 Å². The van der Waals surface area contributed by atoms with Gasteiger partial charge in [-0.05, 0) is 56.4 Å². The molecule has 1 aromatic rings. The van der Waals surface area contributed by atoms with Crippen LogP contribution in [0.5, 0.6) is 11.5 Å². The molecule has 2 saturated carbocycles. The number of ether oxygens (including phenoxy) is 5. The van der Waals surface area contributed by atoms with Gasteiger partial charge in [0.1, 0.15) is 23.2 Å². The van der Waals surface area contributed by atoms with Gasteiger partial charge >= 0.3 is 5.97 Å². The van der Waals surface area contributed by atoms with Crippen LogP contribution in [0, 0.1) is 22.7 Å². The minimum absolute atomic E-state index is 0.0114. The summed E-state index contributed by atoms with van der Waals surface area (Å²) in [7, 11) is 3.19. The second kappa shape index (κ2) is 7.84. The molecule has 2 heterocycles. The maximum atomic E-state index is 11.8. The first-order chi connectivity index (χ1) is 16.0. The molecule has 0 aromatic heterocycles. The first-order valence-corrected chi connectivity index (χ1v) is 12.4. The van der Waals surface area contributed by atoms with Crippen molar-refractivity contribution in [2.24, 2.45) is 22.7 Å². The van der Waals surface area contributed by atoms with Gasteiger partial charge in [0, 0.05) is 43.6 Å². The lowest BCUT2D eigenvalue weighted by Crippen LogP contribution is -2.64. The summed E-state index contributed by atoms with van der Waals surface area (Å²) < 4.78 is 29.7. The Hall–Kier alpha value is -1.83. The minimum atomic E-state index is -0.601. The summed E-state index contributed by atoms with van der Waals surface area (Å²) in [4.78, 5) is 11.8. The van der Waals surface area contributed by atoms with E-state index in [0.717, 1.165) is 48.8 Å². The Balaban J connectivity index is 1.56. The predicted octanol–water partition coefficient (Wildman–Crippen LogP) is 5.19. The minimum Gasteiger partial charge on any atom is -0.508 e. The molecule has 0 amide bonds. The molecule has 188 valence electrons. The quantitative estimate of drug-likeness (QED) is 0.604. The Bertz CT molecular complexity index is 1000. The lowest BCUT2D eigenvalue weighted by atomic mass is 9.44. The fourth-order valence-electron chi connectivity index (χ4n) is 7.99. The van der Waals surface area contributed by atoms with Crippen molar-refractivity contribution in [2.45, 2.75) is 91.0 Å². The molecule has 2 aliphatic heterocycles. The maximum Gasteiger partial charge on any atom is 0.302 e. The van der Waals surface area contributed by atoms with E-state index < -0.39 is 12.6 Å². The summed E-state index contributed by atoms with van der Waals surface area (Å²) in [6, 6.07) is 1.75. The molecule has 7 heteroatoms. The van der Waals surface area contributed by atoms with Crippen molar-refractivity contribution in [3.05, 3.63) is 22.8 Å². The molecule has 0 spiro atoms. The topological polar surface area (TPSA) is 83.5 Å².